The number of hydrogen-bond donors (Lipinski definition) is 1. The van der Waals surface area contributed by atoms with Gasteiger partial charge >= 0.3 is 0 Å². The van der Waals surface area contributed by atoms with E-state index in [-0.39, 0.29) is 11.9 Å². The van der Waals surface area contributed by atoms with Crippen LogP contribution in [0.15, 0.2) is 42.9 Å². The van der Waals surface area contributed by atoms with Gasteiger partial charge in [0.1, 0.15) is 17.2 Å². The quantitative estimate of drug-likeness (QED) is 0.857. The van der Waals surface area contributed by atoms with Crippen LogP contribution < -0.4 is 4.74 Å². The van der Waals surface area contributed by atoms with Crippen molar-refractivity contribution in [1.82, 2.24) is 9.97 Å². The molecule has 0 saturated heterocycles. The highest BCUT2D eigenvalue weighted by Crippen LogP contribution is 2.28. The molecule has 1 aliphatic rings. The van der Waals surface area contributed by atoms with Crippen molar-refractivity contribution in [2.75, 3.05) is 0 Å². The molecule has 2 aromatic heterocycles. The average Bonchev–Trinajstić information content (AvgIpc) is 2.58. The molecular weight excluding hydrogens is 292 g/mol. The Morgan fingerprint density at radius 2 is 2.00 bits per heavy atom. The van der Waals surface area contributed by atoms with E-state index in [0.29, 0.717) is 29.5 Å². The van der Waals surface area contributed by atoms with Gasteiger partial charge in [0.15, 0.2) is 5.78 Å². The van der Waals surface area contributed by atoms with Crippen LogP contribution in [0.3, 0.4) is 0 Å². The maximum atomic E-state index is 12.4. The maximum Gasteiger partial charge on any atom is 0.181 e. The summed E-state index contributed by atoms with van der Waals surface area (Å²) in [5, 5.41) is 9.54. The second-order valence-corrected chi connectivity index (χ2v) is 5.97. The lowest BCUT2D eigenvalue weighted by atomic mass is 9.84. The van der Waals surface area contributed by atoms with Gasteiger partial charge in [-0.15, -0.1) is 0 Å². The third-order valence-corrected chi connectivity index (χ3v) is 4.18. The molecule has 3 rings (SSSR count). The highest BCUT2D eigenvalue weighted by Gasteiger charge is 2.22. The minimum atomic E-state index is -0.198. The normalized spacial score (nSPS) is 20.9. The fourth-order valence-electron chi connectivity index (χ4n) is 2.89. The zero-order valence-electron chi connectivity index (χ0n) is 12.9. The lowest BCUT2D eigenvalue weighted by molar-refractivity contribution is 0.0855. The van der Waals surface area contributed by atoms with Crippen LogP contribution in [0.4, 0.5) is 0 Å². The summed E-state index contributed by atoms with van der Waals surface area (Å²) < 4.78 is 5.69. The van der Waals surface area contributed by atoms with E-state index in [9.17, 15) is 9.90 Å². The first-order valence-electron chi connectivity index (χ1n) is 7.96. The summed E-state index contributed by atoms with van der Waals surface area (Å²) in [6.07, 6.45) is 8.54. The van der Waals surface area contributed by atoms with Crippen LogP contribution in [0.25, 0.3) is 0 Å². The summed E-state index contributed by atoms with van der Waals surface area (Å²) in [6.45, 7) is 0. The van der Waals surface area contributed by atoms with E-state index >= 15 is 0 Å². The molecule has 2 aromatic rings. The number of Topliss-reactive ketones (excluding diaryl/α,β-unsaturated/α-hetero) is 1. The second kappa shape index (κ2) is 7.33. The molecule has 1 N–H and O–H groups in total. The molecule has 0 aromatic carbocycles. The van der Waals surface area contributed by atoms with Gasteiger partial charge < -0.3 is 9.84 Å². The summed E-state index contributed by atoms with van der Waals surface area (Å²) in [4.78, 5) is 20.6. The van der Waals surface area contributed by atoms with Gasteiger partial charge in [0.2, 0.25) is 0 Å². The Hall–Kier alpha value is -2.27. The van der Waals surface area contributed by atoms with E-state index in [0.717, 1.165) is 25.7 Å². The van der Waals surface area contributed by atoms with Crippen LogP contribution >= 0.6 is 0 Å². The van der Waals surface area contributed by atoms with E-state index in [4.69, 9.17) is 4.74 Å². The number of aliphatic hydroxyl groups is 1. The molecule has 5 heteroatoms. The number of nitrogens with zero attached hydrogens (tertiary/aromatic N) is 2. The highest BCUT2D eigenvalue weighted by molar-refractivity contribution is 5.94. The predicted molar refractivity (Wildman–Crippen MR) is 85.5 cm³/mol. The molecular formula is C18H20N2O3. The molecule has 0 radical (unpaired) electrons. The number of carbonyl (C=O) groups excluding carboxylic acids is 1. The lowest BCUT2D eigenvalue weighted by Crippen LogP contribution is -2.20. The standard InChI is InChI=1S/C18H20N2O3/c21-14-5-3-13(4-6-14)10-18(22)17-11-15(7-9-20-17)23-16-2-1-8-19-12-16/h1-2,7-9,11-14,21H,3-6,10H2. The Morgan fingerprint density at radius 3 is 2.74 bits per heavy atom. The van der Waals surface area contributed by atoms with Crippen LogP contribution in [0.2, 0.25) is 0 Å². The first kappa shape index (κ1) is 15.6. The molecule has 5 nitrogen and oxygen atoms in total. The first-order chi connectivity index (χ1) is 11.2. The Kier molecular flexibility index (Phi) is 4.98. The van der Waals surface area contributed by atoms with Crippen molar-refractivity contribution in [1.29, 1.82) is 0 Å². The van der Waals surface area contributed by atoms with Gasteiger partial charge in [0, 0.05) is 24.9 Å². The van der Waals surface area contributed by atoms with Crippen molar-refractivity contribution in [3.05, 3.63) is 48.5 Å². The van der Waals surface area contributed by atoms with Crippen molar-refractivity contribution in [3.8, 4) is 11.5 Å². The van der Waals surface area contributed by atoms with Gasteiger partial charge in [-0.05, 0) is 49.8 Å². The second-order valence-electron chi connectivity index (χ2n) is 5.97. The van der Waals surface area contributed by atoms with Crippen molar-refractivity contribution in [3.63, 3.8) is 0 Å². The average molecular weight is 312 g/mol. The van der Waals surface area contributed by atoms with Crippen LogP contribution in [0.5, 0.6) is 11.5 Å². The molecule has 0 atom stereocenters. The summed E-state index contributed by atoms with van der Waals surface area (Å²) in [5.41, 5.74) is 0.428. The van der Waals surface area contributed by atoms with Crippen molar-refractivity contribution in [2.45, 2.75) is 38.2 Å². The van der Waals surface area contributed by atoms with Gasteiger partial charge in [-0.2, -0.15) is 0 Å². The Balaban J connectivity index is 1.63. The molecule has 0 spiro atoms. The fourth-order valence-corrected chi connectivity index (χ4v) is 2.89. The van der Waals surface area contributed by atoms with Crippen molar-refractivity contribution in [2.24, 2.45) is 5.92 Å². The highest BCUT2D eigenvalue weighted by atomic mass is 16.5. The molecule has 0 bridgehead atoms. The molecule has 1 fully saturated rings. The molecule has 1 aliphatic carbocycles. The number of aliphatic hydroxyl groups excluding tert-OH is 1. The molecule has 1 saturated carbocycles. The predicted octanol–water partition coefficient (Wildman–Crippen LogP) is 3.39. The maximum absolute atomic E-state index is 12.4. The number of rotatable bonds is 5. The lowest BCUT2D eigenvalue weighted by Gasteiger charge is -2.24. The number of ketones is 1. The molecule has 0 aliphatic heterocycles. The number of carbonyl (C=O) groups is 1. The Bertz CT molecular complexity index is 652. The van der Waals surface area contributed by atoms with E-state index in [1.807, 2.05) is 6.07 Å². The third-order valence-electron chi connectivity index (χ3n) is 4.18. The smallest absolute Gasteiger partial charge is 0.181 e. The Labute approximate surface area is 135 Å². The summed E-state index contributed by atoms with van der Waals surface area (Å²) in [7, 11) is 0. The zero-order chi connectivity index (χ0) is 16.1. The van der Waals surface area contributed by atoms with Gasteiger partial charge in [0.25, 0.3) is 0 Å². The third kappa shape index (κ3) is 4.36. The van der Waals surface area contributed by atoms with E-state index < -0.39 is 0 Å². The summed E-state index contributed by atoms with van der Waals surface area (Å²) >= 11 is 0. The summed E-state index contributed by atoms with van der Waals surface area (Å²) in [5.74, 6) is 1.58. The number of hydrogen-bond acceptors (Lipinski definition) is 5. The fraction of sp³-hybridized carbons (Fsp3) is 0.389. The van der Waals surface area contributed by atoms with Crippen LogP contribution in [-0.4, -0.2) is 27.0 Å². The minimum Gasteiger partial charge on any atom is -0.456 e. The van der Waals surface area contributed by atoms with Gasteiger partial charge in [-0.25, -0.2) is 0 Å². The van der Waals surface area contributed by atoms with Crippen molar-refractivity contribution < 1.29 is 14.6 Å². The molecule has 0 amide bonds. The van der Waals surface area contributed by atoms with Gasteiger partial charge in [-0.1, -0.05) is 0 Å². The SMILES string of the molecule is O=C(CC1CCC(O)CC1)c1cc(Oc2cccnc2)ccn1. The van der Waals surface area contributed by atoms with Crippen LogP contribution in [-0.2, 0) is 0 Å². The van der Waals surface area contributed by atoms with E-state index in [2.05, 4.69) is 9.97 Å². The van der Waals surface area contributed by atoms with Gasteiger partial charge in [-0.3, -0.25) is 14.8 Å². The molecule has 2 heterocycles. The van der Waals surface area contributed by atoms with E-state index in [1.54, 1.807) is 36.8 Å². The van der Waals surface area contributed by atoms with Crippen LogP contribution in [0.1, 0.15) is 42.6 Å². The summed E-state index contributed by atoms with van der Waals surface area (Å²) in [6, 6.07) is 7.00. The molecule has 23 heavy (non-hydrogen) atoms. The number of ether oxygens (including phenoxy) is 1. The largest absolute Gasteiger partial charge is 0.456 e. The Morgan fingerprint density at radius 1 is 1.17 bits per heavy atom. The zero-order valence-corrected chi connectivity index (χ0v) is 12.9. The molecule has 120 valence electrons. The van der Waals surface area contributed by atoms with Gasteiger partial charge in [0.05, 0.1) is 12.3 Å². The number of aromatic nitrogens is 2. The number of pyridine rings is 2. The topological polar surface area (TPSA) is 72.3 Å². The van der Waals surface area contributed by atoms with Crippen molar-refractivity contribution >= 4 is 5.78 Å². The first-order valence-corrected chi connectivity index (χ1v) is 7.96. The minimum absolute atomic E-state index is 0.0306. The monoisotopic (exact) mass is 312 g/mol. The molecule has 0 unspecified atom stereocenters. The van der Waals surface area contributed by atoms with Crippen LogP contribution in [0, 0.1) is 5.92 Å². The van der Waals surface area contributed by atoms with E-state index in [1.165, 1.54) is 0 Å².